The number of aryl methyl sites for hydroxylation is 2. The minimum atomic E-state index is 0.370. The molecule has 0 spiro atoms. The summed E-state index contributed by atoms with van der Waals surface area (Å²) >= 11 is 3.70. The average molecular weight is 258 g/mol. The lowest BCUT2D eigenvalue weighted by Gasteiger charge is -2.16. The Morgan fingerprint density at radius 3 is 2.56 bits per heavy atom. The van der Waals surface area contributed by atoms with Crippen molar-refractivity contribution in [3.8, 4) is 0 Å². The summed E-state index contributed by atoms with van der Waals surface area (Å²) < 4.78 is 0. The summed E-state index contributed by atoms with van der Waals surface area (Å²) in [5.74, 6) is 1.94. The molecule has 0 saturated carbocycles. The molecule has 92 valence electrons. The van der Waals surface area contributed by atoms with Crippen molar-refractivity contribution in [3.05, 3.63) is 15.6 Å². The maximum Gasteiger partial charge on any atom is 0.0900 e. The SMILES string of the molecule is CSCC(C)CNC(C)c1nc(C)sc1C. The van der Waals surface area contributed by atoms with E-state index in [1.165, 1.54) is 21.3 Å². The van der Waals surface area contributed by atoms with Crippen LogP contribution in [0.3, 0.4) is 0 Å². The van der Waals surface area contributed by atoms with E-state index in [2.05, 4.69) is 44.3 Å². The molecule has 1 aromatic heterocycles. The minimum Gasteiger partial charge on any atom is -0.309 e. The molecule has 2 atom stereocenters. The normalized spacial score (nSPS) is 15.1. The summed E-state index contributed by atoms with van der Waals surface area (Å²) in [5, 5.41) is 4.73. The molecule has 0 bridgehead atoms. The van der Waals surface area contributed by atoms with Gasteiger partial charge in [0.2, 0.25) is 0 Å². The fourth-order valence-electron chi connectivity index (χ4n) is 1.76. The molecule has 1 heterocycles. The topological polar surface area (TPSA) is 24.9 Å². The first-order chi connectivity index (χ1) is 7.54. The van der Waals surface area contributed by atoms with Gasteiger partial charge < -0.3 is 5.32 Å². The average Bonchev–Trinajstić information content (AvgIpc) is 2.55. The van der Waals surface area contributed by atoms with Gasteiger partial charge in [0, 0.05) is 10.9 Å². The largest absolute Gasteiger partial charge is 0.309 e. The van der Waals surface area contributed by atoms with Crippen LogP contribution in [0.25, 0.3) is 0 Å². The first-order valence-electron chi connectivity index (χ1n) is 5.70. The summed E-state index contributed by atoms with van der Waals surface area (Å²) in [5.41, 5.74) is 1.22. The number of aromatic nitrogens is 1. The predicted octanol–water partition coefficient (Wildman–Crippen LogP) is 3.41. The number of nitrogens with one attached hydrogen (secondary N) is 1. The molecule has 1 rings (SSSR count). The molecule has 2 unspecified atom stereocenters. The summed E-state index contributed by atoms with van der Waals surface area (Å²) in [6.45, 7) is 9.79. The van der Waals surface area contributed by atoms with E-state index in [1.807, 2.05) is 11.8 Å². The predicted molar refractivity (Wildman–Crippen MR) is 75.6 cm³/mol. The summed E-state index contributed by atoms with van der Waals surface area (Å²) in [6, 6.07) is 0.370. The molecule has 1 N–H and O–H groups in total. The molecule has 0 saturated heterocycles. The molecule has 2 nitrogen and oxygen atoms in total. The number of thiazole rings is 1. The molecule has 0 aliphatic rings. The van der Waals surface area contributed by atoms with Crippen LogP contribution in [-0.4, -0.2) is 23.5 Å². The monoisotopic (exact) mass is 258 g/mol. The smallest absolute Gasteiger partial charge is 0.0900 e. The van der Waals surface area contributed by atoms with Crippen LogP contribution in [0.5, 0.6) is 0 Å². The first-order valence-corrected chi connectivity index (χ1v) is 7.91. The number of nitrogens with zero attached hydrogens (tertiary/aromatic N) is 1. The van der Waals surface area contributed by atoms with E-state index in [-0.39, 0.29) is 0 Å². The van der Waals surface area contributed by atoms with Crippen molar-refractivity contribution in [2.45, 2.75) is 33.7 Å². The van der Waals surface area contributed by atoms with Crippen LogP contribution in [0.15, 0.2) is 0 Å². The standard InChI is InChI=1S/C12H22N2S2/c1-8(7-15-5)6-13-9(2)12-10(3)16-11(4)14-12/h8-9,13H,6-7H2,1-5H3. The highest BCUT2D eigenvalue weighted by molar-refractivity contribution is 7.98. The lowest BCUT2D eigenvalue weighted by Crippen LogP contribution is -2.26. The van der Waals surface area contributed by atoms with Gasteiger partial charge >= 0.3 is 0 Å². The Labute approximate surface area is 107 Å². The van der Waals surface area contributed by atoms with Crippen molar-refractivity contribution in [2.75, 3.05) is 18.6 Å². The van der Waals surface area contributed by atoms with Gasteiger partial charge in [0.25, 0.3) is 0 Å². The first kappa shape index (κ1) is 14.0. The second-order valence-corrected chi connectivity index (χ2v) is 6.68. The summed E-state index contributed by atoms with van der Waals surface area (Å²) in [6.07, 6.45) is 2.16. The fraction of sp³-hybridized carbons (Fsp3) is 0.750. The molecule has 0 aromatic carbocycles. The van der Waals surface area contributed by atoms with Gasteiger partial charge in [0.15, 0.2) is 0 Å². The van der Waals surface area contributed by atoms with E-state index in [9.17, 15) is 0 Å². The van der Waals surface area contributed by atoms with Crippen molar-refractivity contribution in [1.82, 2.24) is 10.3 Å². The summed E-state index contributed by atoms with van der Waals surface area (Å²) in [7, 11) is 0. The van der Waals surface area contributed by atoms with E-state index >= 15 is 0 Å². The van der Waals surface area contributed by atoms with Crippen LogP contribution in [0.4, 0.5) is 0 Å². The second-order valence-electron chi connectivity index (χ2n) is 4.36. The van der Waals surface area contributed by atoms with E-state index in [0.717, 1.165) is 12.5 Å². The molecule has 0 amide bonds. The Morgan fingerprint density at radius 2 is 2.06 bits per heavy atom. The van der Waals surface area contributed by atoms with E-state index in [4.69, 9.17) is 0 Å². The Balaban J connectivity index is 2.46. The van der Waals surface area contributed by atoms with Gasteiger partial charge in [-0.2, -0.15) is 11.8 Å². The third-order valence-electron chi connectivity index (χ3n) is 2.57. The highest BCUT2D eigenvalue weighted by Gasteiger charge is 2.13. The van der Waals surface area contributed by atoms with Gasteiger partial charge in [-0.25, -0.2) is 4.98 Å². The maximum absolute atomic E-state index is 4.58. The Hall–Kier alpha value is -0.0600. The molecular weight excluding hydrogens is 236 g/mol. The van der Waals surface area contributed by atoms with Crippen molar-refractivity contribution >= 4 is 23.1 Å². The molecule has 0 fully saturated rings. The molecular formula is C12H22N2S2. The number of hydrogen-bond acceptors (Lipinski definition) is 4. The Bertz CT molecular complexity index is 323. The number of hydrogen-bond donors (Lipinski definition) is 1. The minimum absolute atomic E-state index is 0.370. The zero-order valence-corrected chi connectivity index (χ0v) is 12.5. The summed E-state index contributed by atoms with van der Waals surface area (Å²) in [4.78, 5) is 5.93. The van der Waals surface area contributed by atoms with Gasteiger partial charge in [-0.15, -0.1) is 11.3 Å². The zero-order chi connectivity index (χ0) is 12.1. The van der Waals surface area contributed by atoms with E-state index in [1.54, 1.807) is 11.3 Å². The van der Waals surface area contributed by atoms with Gasteiger partial charge in [-0.1, -0.05) is 6.92 Å². The van der Waals surface area contributed by atoms with Crippen molar-refractivity contribution in [2.24, 2.45) is 5.92 Å². The van der Waals surface area contributed by atoms with Crippen molar-refractivity contribution < 1.29 is 0 Å². The number of thioether (sulfide) groups is 1. The lowest BCUT2D eigenvalue weighted by molar-refractivity contribution is 0.494. The zero-order valence-electron chi connectivity index (χ0n) is 10.8. The molecule has 0 aliphatic carbocycles. The third-order valence-corrected chi connectivity index (χ3v) is 4.38. The van der Waals surface area contributed by atoms with Crippen molar-refractivity contribution in [1.29, 1.82) is 0 Å². The van der Waals surface area contributed by atoms with Crippen LogP contribution < -0.4 is 5.32 Å². The van der Waals surface area contributed by atoms with Crippen LogP contribution in [-0.2, 0) is 0 Å². The van der Waals surface area contributed by atoms with Gasteiger partial charge in [-0.05, 0) is 45.2 Å². The van der Waals surface area contributed by atoms with Gasteiger partial charge in [0.05, 0.1) is 10.7 Å². The molecule has 1 aromatic rings. The fourth-order valence-corrected chi connectivity index (χ4v) is 3.37. The maximum atomic E-state index is 4.58. The highest BCUT2D eigenvalue weighted by atomic mass is 32.2. The van der Waals surface area contributed by atoms with Gasteiger partial charge in [-0.3, -0.25) is 0 Å². The second kappa shape index (κ2) is 6.62. The van der Waals surface area contributed by atoms with Gasteiger partial charge in [0.1, 0.15) is 0 Å². The Kier molecular flexibility index (Phi) is 5.79. The lowest BCUT2D eigenvalue weighted by atomic mass is 10.1. The quantitative estimate of drug-likeness (QED) is 0.846. The van der Waals surface area contributed by atoms with E-state index < -0.39 is 0 Å². The van der Waals surface area contributed by atoms with Crippen molar-refractivity contribution in [3.63, 3.8) is 0 Å². The Morgan fingerprint density at radius 1 is 1.38 bits per heavy atom. The number of rotatable bonds is 6. The third kappa shape index (κ3) is 4.07. The molecule has 4 heteroatoms. The van der Waals surface area contributed by atoms with E-state index in [0.29, 0.717) is 6.04 Å². The molecule has 0 radical (unpaired) electrons. The van der Waals surface area contributed by atoms with Crippen LogP contribution in [0.1, 0.15) is 35.5 Å². The van der Waals surface area contributed by atoms with Crippen LogP contribution in [0.2, 0.25) is 0 Å². The highest BCUT2D eigenvalue weighted by Crippen LogP contribution is 2.22. The molecule has 16 heavy (non-hydrogen) atoms. The van der Waals surface area contributed by atoms with Crippen LogP contribution in [0, 0.1) is 19.8 Å². The van der Waals surface area contributed by atoms with Crippen LogP contribution >= 0.6 is 23.1 Å². The molecule has 0 aliphatic heterocycles.